The second-order valence-electron chi connectivity index (χ2n) is 6.44. The Balaban J connectivity index is 2.10. The Bertz CT molecular complexity index is 669. The zero-order valence-corrected chi connectivity index (χ0v) is 12.9. The van der Waals surface area contributed by atoms with Crippen molar-refractivity contribution in [3.63, 3.8) is 0 Å². The van der Waals surface area contributed by atoms with E-state index in [4.69, 9.17) is 10.7 Å². The van der Waals surface area contributed by atoms with Gasteiger partial charge in [0.25, 0.3) is 0 Å². The Hall–Kier alpha value is -1.84. The van der Waals surface area contributed by atoms with Crippen LogP contribution in [0.4, 0.5) is 10.2 Å². The molecule has 1 heterocycles. The molecule has 1 aromatic carbocycles. The molecule has 21 heavy (non-hydrogen) atoms. The van der Waals surface area contributed by atoms with E-state index >= 15 is 0 Å². The lowest BCUT2D eigenvalue weighted by Crippen LogP contribution is -2.11. The van der Waals surface area contributed by atoms with Gasteiger partial charge in [0, 0.05) is 18.0 Å². The van der Waals surface area contributed by atoms with Crippen molar-refractivity contribution < 1.29 is 4.39 Å². The molecule has 1 saturated carbocycles. The van der Waals surface area contributed by atoms with Crippen LogP contribution in [0, 0.1) is 18.7 Å². The maximum atomic E-state index is 13.3. The highest BCUT2D eigenvalue weighted by atomic mass is 19.1. The zero-order chi connectivity index (χ0) is 15.1. The number of hydrogen-bond acceptors (Lipinski definition) is 2. The lowest BCUT2D eigenvalue weighted by molar-refractivity contribution is 0.512. The van der Waals surface area contributed by atoms with Gasteiger partial charge in [-0.25, -0.2) is 9.37 Å². The van der Waals surface area contributed by atoms with E-state index in [0.717, 1.165) is 29.2 Å². The third kappa shape index (κ3) is 2.67. The number of nitrogens with zero attached hydrogens (tertiary/aromatic N) is 2. The van der Waals surface area contributed by atoms with Crippen molar-refractivity contribution in [1.29, 1.82) is 0 Å². The van der Waals surface area contributed by atoms with E-state index in [-0.39, 0.29) is 5.82 Å². The number of hydrogen-bond donors (Lipinski definition) is 1. The number of nitrogens with two attached hydrogens (primary N) is 1. The third-order valence-electron chi connectivity index (χ3n) is 3.97. The van der Waals surface area contributed by atoms with Crippen molar-refractivity contribution in [1.82, 2.24) is 9.55 Å². The molecule has 112 valence electrons. The minimum Gasteiger partial charge on any atom is -0.383 e. The normalized spacial score (nSPS) is 14.9. The highest BCUT2D eigenvalue weighted by molar-refractivity contribution is 5.73. The van der Waals surface area contributed by atoms with E-state index in [1.807, 2.05) is 6.92 Å². The molecular formula is C17H22FN3. The fourth-order valence-electron chi connectivity index (χ4n) is 2.78. The van der Waals surface area contributed by atoms with Gasteiger partial charge in [-0.1, -0.05) is 13.8 Å². The predicted octanol–water partition coefficient (Wildman–Crippen LogP) is 4.11. The molecule has 0 bridgehead atoms. The highest BCUT2D eigenvalue weighted by Gasteiger charge is 2.31. The summed E-state index contributed by atoms with van der Waals surface area (Å²) in [5, 5.41) is 0. The standard InChI is InChI=1S/C17H22FN3/c1-10(2)9-21-16(19)15(20-17(21)12-4-5-12)14-7-6-13(18)8-11(14)3/h6-8,10,12H,4-5,9,19H2,1-3H3. The van der Waals surface area contributed by atoms with Crippen LogP contribution in [-0.2, 0) is 6.54 Å². The van der Waals surface area contributed by atoms with Gasteiger partial charge in [0.2, 0.25) is 0 Å². The first-order valence-electron chi connectivity index (χ1n) is 7.59. The summed E-state index contributed by atoms with van der Waals surface area (Å²) in [6.07, 6.45) is 2.38. The van der Waals surface area contributed by atoms with Gasteiger partial charge in [0.15, 0.2) is 0 Å². The van der Waals surface area contributed by atoms with Gasteiger partial charge < -0.3 is 10.3 Å². The molecule has 0 radical (unpaired) electrons. The van der Waals surface area contributed by atoms with E-state index in [1.165, 1.54) is 25.0 Å². The number of imidazole rings is 1. The topological polar surface area (TPSA) is 43.8 Å². The first-order chi connectivity index (χ1) is 9.97. The number of anilines is 1. The quantitative estimate of drug-likeness (QED) is 0.919. The zero-order valence-electron chi connectivity index (χ0n) is 12.9. The summed E-state index contributed by atoms with van der Waals surface area (Å²) in [4.78, 5) is 4.80. The summed E-state index contributed by atoms with van der Waals surface area (Å²) in [5.74, 6) is 2.64. The second kappa shape index (κ2) is 5.17. The fraction of sp³-hybridized carbons (Fsp3) is 0.471. The van der Waals surface area contributed by atoms with Crippen LogP contribution < -0.4 is 5.73 Å². The van der Waals surface area contributed by atoms with Gasteiger partial charge in [-0.15, -0.1) is 0 Å². The van der Waals surface area contributed by atoms with Crippen LogP contribution in [0.2, 0.25) is 0 Å². The Morgan fingerprint density at radius 2 is 2.10 bits per heavy atom. The molecule has 4 heteroatoms. The maximum absolute atomic E-state index is 13.3. The number of rotatable bonds is 4. The SMILES string of the molecule is Cc1cc(F)ccc1-c1nc(C2CC2)n(CC(C)C)c1N. The van der Waals surface area contributed by atoms with Gasteiger partial charge in [0.05, 0.1) is 0 Å². The molecule has 3 nitrogen and oxygen atoms in total. The smallest absolute Gasteiger partial charge is 0.131 e. The van der Waals surface area contributed by atoms with Crippen LogP contribution in [0.25, 0.3) is 11.3 Å². The van der Waals surface area contributed by atoms with E-state index in [0.29, 0.717) is 17.7 Å². The molecule has 1 aliphatic carbocycles. The molecule has 1 fully saturated rings. The molecule has 0 atom stereocenters. The molecular weight excluding hydrogens is 265 g/mol. The number of aromatic nitrogens is 2. The van der Waals surface area contributed by atoms with Crippen molar-refractivity contribution in [2.45, 2.75) is 46.1 Å². The van der Waals surface area contributed by atoms with Crippen LogP contribution >= 0.6 is 0 Å². The van der Waals surface area contributed by atoms with Crippen LogP contribution in [0.15, 0.2) is 18.2 Å². The van der Waals surface area contributed by atoms with Gasteiger partial charge in [-0.3, -0.25) is 0 Å². The van der Waals surface area contributed by atoms with Gasteiger partial charge in [-0.05, 0) is 49.4 Å². The van der Waals surface area contributed by atoms with E-state index < -0.39 is 0 Å². The maximum Gasteiger partial charge on any atom is 0.131 e. The van der Waals surface area contributed by atoms with Crippen molar-refractivity contribution in [3.8, 4) is 11.3 Å². The average molecular weight is 287 g/mol. The summed E-state index contributed by atoms with van der Waals surface area (Å²) < 4.78 is 15.5. The van der Waals surface area contributed by atoms with Crippen molar-refractivity contribution in [2.24, 2.45) is 5.92 Å². The molecule has 2 aromatic rings. The third-order valence-corrected chi connectivity index (χ3v) is 3.97. The molecule has 0 aliphatic heterocycles. The Labute approximate surface area is 125 Å². The summed E-state index contributed by atoms with van der Waals surface area (Å²) in [5.41, 5.74) is 8.97. The van der Waals surface area contributed by atoms with Crippen molar-refractivity contribution in [2.75, 3.05) is 5.73 Å². The fourth-order valence-corrected chi connectivity index (χ4v) is 2.78. The van der Waals surface area contributed by atoms with E-state index in [2.05, 4.69) is 18.4 Å². The number of nitrogen functional groups attached to an aromatic ring is 1. The van der Waals surface area contributed by atoms with Gasteiger partial charge in [0.1, 0.15) is 23.2 Å². The number of aryl methyl sites for hydroxylation is 1. The van der Waals surface area contributed by atoms with E-state index in [1.54, 1.807) is 6.07 Å². The largest absolute Gasteiger partial charge is 0.383 e. The van der Waals surface area contributed by atoms with E-state index in [9.17, 15) is 4.39 Å². The number of halogens is 1. The lowest BCUT2D eigenvalue weighted by Gasteiger charge is -2.12. The summed E-state index contributed by atoms with van der Waals surface area (Å²) >= 11 is 0. The Morgan fingerprint density at radius 1 is 1.38 bits per heavy atom. The molecule has 2 N–H and O–H groups in total. The molecule has 0 amide bonds. The predicted molar refractivity (Wildman–Crippen MR) is 83.6 cm³/mol. The average Bonchev–Trinajstić information content (AvgIpc) is 3.18. The van der Waals surface area contributed by atoms with Crippen molar-refractivity contribution >= 4 is 5.82 Å². The van der Waals surface area contributed by atoms with Crippen LogP contribution in [-0.4, -0.2) is 9.55 Å². The van der Waals surface area contributed by atoms with Crippen LogP contribution in [0.1, 0.15) is 44.0 Å². The van der Waals surface area contributed by atoms with Crippen molar-refractivity contribution in [3.05, 3.63) is 35.4 Å². The number of benzene rings is 1. The minimum atomic E-state index is -0.223. The van der Waals surface area contributed by atoms with Gasteiger partial charge in [-0.2, -0.15) is 0 Å². The monoisotopic (exact) mass is 287 g/mol. The molecule has 1 aromatic heterocycles. The lowest BCUT2D eigenvalue weighted by atomic mass is 10.1. The Kier molecular flexibility index (Phi) is 3.47. The van der Waals surface area contributed by atoms with Crippen LogP contribution in [0.5, 0.6) is 0 Å². The Morgan fingerprint density at radius 3 is 2.67 bits per heavy atom. The summed E-state index contributed by atoms with van der Waals surface area (Å²) in [7, 11) is 0. The molecule has 0 saturated heterocycles. The summed E-state index contributed by atoms with van der Waals surface area (Å²) in [6, 6.07) is 4.78. The molecule has 0 unspecified atom stereocenters. The highest BCUT2D eigenvalue weighted by Crippen LogP contribution is 2.42. The first-order valence-corrected chi connectivity index (χ1v) is 7.59. The molecule has 3 rings (SSSR count). The second-order valence-corrected chi connectivity index (χ2v) is 6.44. The van der Waals surface area contributed by atoms with Crippen LogP contribution in [0.3, 0.4) is 0 Å². The van der Waals surface area contributed by atoms with Gasteiger partial charge >= 0.3 is 0 Å². The molecule has 1 aliphatic rings. The summed E-state index contributed by atoms with van der Waals surface area (Å²) in [6.45, 7) is 7.14. The molecule has 0 spiro atoms. The minimum absolute atomic E-state index is 0.223. The first kappa shape index (κ1) is 14.1.